The van der Waals surface area contributed by atoms with Crippen LogP contribution in [-0.4, -0.2) is 42.4 Å². The highest BCUT2D eigenvalue weighted by Gasteiger charge is 2.52. The fraction of sp³-hybridized carbons (Fsp3) is 0.250. The quantitative estimate of drug-likeness (QED) is 0.460. The molecule has 1 fully saturated rings. The number of carbonyl (C=O) groups is 3. The predicted molar refractivity (Wildman–Crippen MR) is 137 cm³/mol. The van der Waals surface area contributed by atoms with E-state index in [9.17, 15) is 14.4 Å². The molecule has 180 valence electrons. The molecule has 0 radical (unpaired) electrons. The first kappa shape index (κ1) is 24.0. The molecule has 4 rings (SSSR count). The summed E-state index contributed by atoms with van der Waals surface area (Å²) in [5.74, 6) is -0.878. The van der Waals surface area contributed by atoms with Crippen LogP contribution in [0.15, 0.2) is 84.9 Å². The summed E-state index contributed by atoms with van der Waals surface area (Å²) in [6.45, 7) is 5.59. The van der Waals surface area contributed by atoms with Gasteiger partial charge in [-0.05, 0) is 49.2 Å². The molecular weight excluding hydrogens is 440 g/mol. The number of anilines is 2. The van der Waals surface area contributed by atoms with E-state index < -0.39 is 23.4 Å². The molecule has 1 heterocycles. The molecule has 0 bridgehead atoms. The average Bonchev–Trinajstić information content (AvgIpc) is 3.11. The smallest absolute Gasteiger partial charge is 0.325 e. The molecular formula is C28H30N4O3. The van der Waals surface area contributed by atoms with Gasteiger partial charge in [-0.1, -0.05) is 60.7 Å². The van der Waals surface area contributed by atoms with Crippen molar-refractivity contribution >= 4 is 29.2 Å². The minimum atomic E-state index is -1.27. The molecule has 4 amide bonds. The first-order chi connectivity index (χ1) is 17.0. The lowest BCUT2D eigenvalue weighted by Crippen LogP contribution is -2.46. The van der Waals surface area contributed by atoms with Gasteiger partial charge in [0.25, 0.3) is 5.91 Å². The van der Waals surface area contributed by atoms with E-state index in [4.69, 9.17) is 0 Å². The topological polar surface area (TPSA) is 81.8 Å². The maximum Gasteiger partial charge on any atom is 0.325 e. The molecule has 2 N–H and O–H groups in total. The number of amides is 4. The van der Waals surface area contributed by atoms with Crippen LogP contribution in [0, 0.1) is 0 Å². The summed E-state index contributed by atoms with van der Waals surface area (Å²) in [4.78, 5) is 42.6. The SMILES string of the molecule is CCN(CC)c1ccc(NC(=O)CN2C(=O)NC(Cc3ccccc3)(c3ccccc3)C2=O)cc1. The summed E-state index contributed by atoms with van der Waals surface area (Å²) in [7, 11) is 0. The number of hydrogen-bond donors (Lipinski definition) is 2. The van der Waals surface area contributed by atoms with Crippen LogP contribution in [0.2, 0.25) is 0 Å². The normalized spacial score (nSPS) is 17.3. The molecule has 0 aliphatic carbocycles. The molecule has 35 heavy (non-hydrogen) atoms. The number of benzene rings is 3. The van der Waals surface area contributed by atoms with Crippen LogP contribution in [0.25, 0.3) is 0 Å². The van der Waals surface area contributed by atoms with E-state index in [0.29, 0.717) is 11.3 Å². The van der Waals surface area contributed by atoms with E-state index in [1.165, 1.54) is 0 Å². The van der Waals surface area contributed by atoms with Gasteiger partial charge in [0.1, 0.15) is 6.54 Å². The fourth-order valence-corrected chi connectivity index (χ4v) is 4.50. The summed E-state index contributed by atoms with van der Waals surface area (Å²) in [5.41, 5.74) is 1.99. The zero-order valence-electron chi connectivity index (χ0n) is 20.0. The Kier molecular flexibility index (Phi) is 7.15. The van der Waals surface area contributed by atoms with E-state index in [1.807, 2.05) is 84.9 Å². The third kappa shape index (κ3) is 5.04. The van der Waals surface area contributed by atoms with Crippen molar-refractivity contribution in [2.24, 2.45) is 0 Å². The first-order valence-corrected chi connectivity index (χ1v) is 11.8. The Balaban J connectivity index is 1.52. The van der Waals surface area contributed by atoms with Crippen LogP contribution in [-0.2, 0) is 21.5 Å². The van der Waals surface area contributed by atoms with Gasteiger partial charge in [0.15, 0.2) is 5.54 Å². The molecule has 3 aromatic rings. The second kappa shape index (κ2) is 10.4. The molecule has 1 aliphatic heterocycles. The molecule has 1 aliphatic rings. The van der Waals surface area contributed by atoms with Gasteiger partial charge in [-0.3, -0.25) is 14.5 Å². The van der Waals surface area contributed by atoms with Crippen molar-refractivity contribution in [1.82, 2.24) is 10.2 Å². The summed E-state index contributed by atoms with van der Waals surface area (Å²) < 4.78 is 0. The van der Waals surface area contributed by atoms with Crippen LogP contribution < -0.4 is 15.5 Å². The molecule has 3 aromatic carbocycles. The van der Waals surface area contributed by atoms with Gasteiger partial charge in [0.2, 0.25) is 5.91 Å². The zero-order valence-corrected chi connectivity index (χ0v) is 20.0. The maximum absolute atomic E-state index is 13.7. The van der Waals surface area contributed by atoms with Crippen LogP contribution in [0.4, 0.5) is 16.2 Å². The minimum Gasteiger partial charge on any atom is -0.372 e. The molecule has 7 nitrogen and oxygen atoms in total. The number of nitrogens with one attached hydrogen (secondary N) is 2. The summed E-state index contributed by atoms with van der Waals surface area (Å²) in [5, 5.41) is 5.68. The Hall–Kier alpha value is -4.13. The summed E-state index contributed by atoms with van der Waals surface area (Å²) >= 11 is 0. The van der Waals surface area contributed by atoms with Gasteiger partial charge >= 0.3 is 6.03 Å². The molecule has 7 heteroatoms. The number of urea groups is 1. The van der Waals surface area contributed by atoms with Crippen LogP contribution in [0.1, 0.15) is 25.0 Å². The van der Waals surface area contributed by atoms with E-state index in [2.05, 4.69) is 29.4 Å². The van der Waals surface area contributed by atoms with Gasteiger partial charge in [-0.15, -0.1) is 0 Å². The van der Waals surface area contributed by atoms with Crippen molar-refractivity contribution in [2.45, 2.75) is 25.8 Å². The summed E-state index contributed by atoms with van der Waals surface area (Å²) in [6.07, 6.45) is 0.285. The van der Waals surface area contributed by atoms with Gasteiger partial charge < -0.3 is 15.5 Å². The highest BCUT2D eigenvalue weighted by Crippen LogP contribution is 2.33. The second-order valence-electron chi connectivity index (χ2n) is 8.52. The Morgan fingerprint density at radius 3 is 2.09 bits per heavy atom. The molecule has 0 saturated carbocycles. The highest BCUT2D eigenvalue weighted by molar-refractivity contribution is 6.10. The molecule has 1 saturated heterocycles. The van der Waals surface area contributed by atoms with E-state index >= 15 is 0 Å². The average molecular weight is 471 g/mol. The van der Waals surface area contributed by atoms with Gasteiger partial charge in [-0.25, -0.2) is 4.79 Å². The predicted octanol–water partition coefficient (Wildman–Crippen LogP) is 4.16. The fourth-order valence-electron chi connectivity index (χ4n) is 4.50. The minimum absolute atomic E-state index is 0.285. The number of hydrogen-bond acceptors (Lipinski definition) is 4. The lowest BCUT2D eigenvalue weighted by atomic mass is 9.83. The molecule has 0 spiro atoms. The Labute approximate surface area is 205 Å². The van der Waals surface area contributed by atoms with Gasteiger partial charge in [-0.2, -0.15) is 0 Å². The van der Waals surface area contributed by atoms with Crippen molar-refractivity contribution < 1.29 is 14.4 Å². The standard InChI is InChI=1S/C28H30N4O3/c1-3-31(4-2)24-17-15-23(16-18-24)29-25(33)20-32-26(34)28(30-27(32)35,22-13-9-6-10-14-22)19-21-11-7-5-8-12-21/h5-18H,3-4,19-20H2,1-2H3,(H,29,33)(H,30,35). The largest absolute Gasteiger partial charge is 0.372 e. The highest BCUT2D eigenvalue weighted by atomic mass is 16.2. The first-order valence-electron chi connectivity index (χ1n) is 11.8. The van der Waals surface area contributed by atoms with E-state index in [1.54, 1.807) is 0 Å². The molecule has 0 aromatic heterocycles. The van der Waals surface area contributed by atoms with Crippen LogP contribution >= 0.6 is 0 Å². The lowest BCUT2D eigenvalue weighted by Gasteiger charge is -2.27. The van der Waals surface area contributed by atoms with Crippen molar-refractivity contribution in [3.8, 4) is 0 Å². The Morgan fingerprint density at radius 1 is 0.886 bits per heavy atom. The van der Waals surface area contributed by atoms with E-state index in [-0.39, 0.29) is 13.0 Å². The van der Waals surface area contributed by atoms with Crippen molar-refractivity contribution in [3.05, 3.63) is 96.1 Å². The summed E-state index contributed by atoms with van der Waals surface area (Å²) in [6, 6.07) is 25.6. The maximum atomic E-state index is 13.7. The Morgan fingerprint density at radius 2 is 1.49 bits per heavy atom. The van der Waals surface area contributed by atoms with Crippen molar-refractivity contribution in [2.75, 3.05) is 29.9 Å². The van der Waals surface area contributed by atoms with Gasteiger partial charge in [0, 0.05) is 30.9 Å². The number of carbonyl (C=O) groups excluding carboxylic acids is 3. The number of rotatable bonds is 9. The third-order valence-electron chi connectivity index (χ3n) is 6.34. The van der Waals surface area contributed by atoms with Crippen molar-refractivity contribution in [1.29, 1.82) is 0 Å². The van der Waals surface area contributed by atoms with Crippen molar-refractivity contribution in [3.63, 3.8) is 0 Å². The molecule has 1 atom stereocenters. The van der Waals surface area contributed by atoms with Gasteiger partial charge in [0.05, 0.1) is 0 Å². The number of imide groups is 1. The monoisotopic (exact) mass is 470 g/mol. The Bertz CT molecular complexity index is 1180. The number of nitrogens with zero attached hydrogens (tertiary/aromatic N) is 2. The van der Waals surface area contributed by atoms with Crippen LogP contribution in [0.5, 0.6) is 0 Å². The lowest BCUT2D eigenvalue weighted by molar-refractivity contribution is -0.134. The van der Waals surface area contributed by atoms with E-state index in [0.717, 1.165) is 29.2 Å². The zero-order chi connectivity index (χ0) is 24.8. The molecule has 1 unspecified atom stereocenters. The second-order valence-corrected chi connectivity index (χ2v) is 8.52. The third-order valence-corrected chi connectivity index (χ3v) is 6.34. The van der Waals surface area contributed by atoms with Crippen LogP contribution in [0.3, 0.4) is 0 Å².